The molecule has 0 radical (unpaired) electrons. The molecule has 0 fully saturated rings. The molecule has 0 rings (SSSR count). The van der Waals surface area contributed by atoms with Crippen LogP contribution < -0.4 is 5.32 Å². The van der Waals surface area contributed by atoms with Gasteiger partial charge < -0.3 is 20.6 Å². The first-order valence-corrected chi connectivity index (χ1v) is 23.3. The van der Waals surface area contributed by atoms with Crippen LogP contribution in [0.3, 0.4) is 0 Å². The molecule has 5 nitrogen and oxygen atoms in total. The quantitative estimate of drug-likeness (QED) is 0.0472. The van der Waals surface area contributed by atoms with Crippen molar-refractivity contribution in [3.05, 3.63) is 0 Å². The molecule has 1 amide bonds. The van der Waals surface area contributed by atoms with Gasteiger partial charge in [0, 0.05) is 0 Å². The van der Waals surface area contributed by atoms with Gasteiger partial charge >= 0.3 is 0 Å². The molecule has 0 heterocycles. The number of amides is 1. The van der Waals surface area contributed by atoms with Gasteiger partial charge in [0.1, 0.15) is 0 Å². The second-order valence-electron chi connectivity index (χ2n) is 16.4. The van der Waals surface area contributed by atoms with Crippen LogP contribution in [-0.2, 0) is 4.79 Å². The molecule has 306 valence electrons. The Morgan fingerprint density at radius 3 is 0.941 bits per heavy atom. The Labute approximate surface area is 319 Å². The summed E-state index contributed by atoms with van der Waals surface area (Å²) < 4.78 is 0. The lowest BCUT2D eigenvalue weighted by Crippen LogP contribution is -2.46. The van der Waals surface area contributed by atoms with E-state index in [9.17, 15) is 20.1 Å². The van der Waals surface area contributed by atoms with E-state index in [1.807, 2.05) is 0 Å². The second-order valence-corrected chi connectivity index (χ2v) is 16.4. The van der Waals surface area contributed by atoms with Gasteiger partial charge in [-0.3, -0.25) is 4.79 Å². The second kappa shape index (κ2) is 42.1. The number of carbonyl (C=O) groups excluding carboxylic acids is 1. The fourth-order valence-corrected chi connectivity index (χ4v) is 7.58. The Morgan fingerprint density at radius 1 is 0.412 bits per heavy atom. The van der Waals surface area contributed by atoms with E-state index in [0.29, 0.717) is 12.8 Å². The Morgan fingerprint density at radius 2 is 0.667 bits per heavy atom. The van der Waals surface area contributed by atoms with E-state index in [0.717, 1.165) is 25.7 Å². The standard InChI is InChI=1S/C46H93NO4/c1-3-5-7-9-11-13-15-16-17-18-19-20-21-22-23-24-25-26-27-28-30-32-34-36-38-40-45(50)44(42-48)47-46(51)41-43(49)39-37-35-33-31-29-14-12-10-8-6-4-2/h43-45,48-50H,3-42H2,1-2H3,(H,47,51). The first kappa shape index (κ1) is 50.4. The third-order valence-electron chi connectivity index (χ3n) is 11.2. The van der Waals surface area contributed by atoms with E-state index in [2.05, 4.69) is 19.2 Å². The Balaban J connectivity index is 3.50. The molecule has 0 aliphatic carbocycles. The zero-order valence-corrected chi connectivity index (χ0v) is 34.8. The molecule has 0 aliphatic rings. The number of hydrogen-bond donors (Lipinski definition) is 4. The van der Waals surface area contributed by atoms with Crippen LogP contribution >= 0.6 is 0 Å². The van der Waals surface area contributed by atoms with Crippen LogP contribution in [0.1, 0.15) is 264 Å². The zero-order chi connectivity index (χ0) is 37.3. The lowest BCUT2D eigenvalue weighted by atomic mass is 10.0. The van der Waals surface area contributed by atoms with Crippen LogP contribution in [0.2, 0.25) is 0 Å². The highest BCUT2D eigenvalue weighted by Crippen LogP contribution is 2.17. The molecule has 0 spiro atoms. The molecule has 0 saturated heterocycles. The minimum atomic E-state index is -0.743. The van der Waals surface area contributed by atoms with E-state index in [-0.39, 0.29) is 18.9 Å². The van der Waals surface area contributed by atoms with Crippen molar-refractivity contribution in [3.63, 3.8) is 0 Å². The van der Waals surface area contributed by atoms with Crippen LogP contribution in [0.4, 0.5) is 0 Å². The van der Waals surface area contributed by atoms with Gasteiger partial charge in [0.05, 0.1) is 31.3 Å². The summed E-state index contributed by atoms with van der Waals surface area (Å²) in [5.74, 6) is -0.279. The van der Waals surface area contributed by atoms with Gasteiger partial charge in [0.2, 0.25) is 5.91 Å². The number of hydrogen-bond acceptors (Lipinski definition) is 4. The number of rotatable bonds is 43. The van der Waals surface area contributed by atoms with Crippen molar-refractivity contribution in [2.45, 2.75) is 283 Å². The van der Waals surface area contributed by atoms with Crippen molar-refractivity contribution in [3.8, 4) is 0 Å². The largest absolute Gasteiger partial charge is 0.394 e. The van der Waals surface area contributed by atoms with Crippen LogP contribution in [0.25, 0.3) is 0 Å². The average molecular weight is 724 g/mol. The van der Waals surface area contributed by atoms with Crippen LogP contribution in [0.15, 0.2) is 0 Å². The Kier molecular flexibility index (Phi) is 41.6. The molecule has 5 heteroatoms. The number of nitrogens with one attached hydrogen (secondary N) is 1. The van der Waals surface area contributed by atoms with Crippen LogP contribution in [0, 0.1) is 0 Å². The summed E-state index contributed by atoms with van der Waals surface area (Å²) in [6.07, 6.45) is 48.0. The van der Waals surface area contributed by atoms with Gasteiger partial charge in [-0.25, -0.2) is 0 Å². The van der Waals surface area contributed by atoms with Crippen molar-refractivity contribution in [1.82, 2.24) is 5.32 Å². The van der Waals surface area contributed by atoms with Crippen molar-refractivity contribution >= 4 is 5.91 Å². The molecule has 3 atom stereocenters. The molecule has 3 unspecified atom stereocenters. The van der Waals surface area contributed by atoms with Crippen molar-refractivity contribution in [2.24, 2.45) is 0 Å². The predicted molar refractivity (Wildman–Crippen MR) is 222 cm³/mol. The van der Waals surface area contributed by atoms with Crippen molar-refractivity contribution in [1.29, 1.82) is 0 Å². The molecular weight excluding hydrogens is 631 g/mol. The number of aliphatic hydroxyl groups excluding tert-OH is 3. The summed E-state index contributed by atoms with van der Waals surface area (Å²) in [7, 11) is 0. The predicted octanol–water partition coefficient (Wildman–Crippen LogP) is 13.4. The lowest BCUT2D eigenvalue weighted by Gasteiger charge is -2.23. The smallest absolute Gasteiger partial charge is 0.222 e. The maximum atomic E-state index is 12.4. The summed E-state index contributed by atoms with van der Waals surface area (Å²) >= 11 is 0. The molecule has 51 heavy (non-hydrogen) atoms. The maximum absolute atomic E-state index is 12.4. The van der Waals surface area contributed by atoms with Crippen molar-refractivity contribution < 1.29 is 20.1 Å². The highest BCUT2D eigenvalue weighted by Gasteiger charge is 2.21. The van der Waals surface area contributed by atoms with E-state index in [4.69, 9.17) is 0 Å². The van der Waals surface area contributed by atoms with E-state index in [1.165, 1.54) is 205 Å². The van der Waals surface area contributed by atoms with E-state index in [1.54, 1.807) is 0 Å². The highest BCUT2D eigenvalue weighted by atomic mass is 16.3. The first-order chi connectivity index (χ1) is 25.0. The summed E-state index contributed by atoms with van der Waals surface area (Å²) in [5, 5.41) is 33.4. The van der Waals surface area contributed by atoms with Gasteiger partial charge in [-0.15, -0.1) is 0 Å². The summed E-state index contributed by atoms with van der Waals surface area (Å²) in [6.45, 7) is 4.27. The number of carbonyl (C=O) groups is 1. The molecule has 0 aromatic carbocycles. The van der Waals surface area contributed by atoms with E-state index >= 15 is 0 Å². The maximum Gasteiger partial charge on any atom is 0.222 e. The molecule has 0 aliphatic heterocycles. The minimum Gasteiger partial charge on any atom is -0.394 e. The highest BCUT2D eigenvalue weighted by molar-refractivity contribution is 5.76. The average Bonchev–Trinajstić information content (AvgIpc) is 3.12. The van der Waals surface area contributed by atoms with Gasteiger partial charge in [0.25, 0.3) is 0 Å². The van der Waals surface area contributed by atoms with Crippen LogP contribution in [-0.4, -0.2) is 46.1 Å². The first-order valence-electron chi connectivity index (χ1n) is 23.3. The fraction of sp³-hybridized carbons (Fsp3) is 0.978. The van der Waals surface area contributed by atoms with Gasteiger partial charge in [-0.1, -0.05) is 245 Å². The number of unbranched alkanes of at least 4 members (excludes halogenated alkanes) is 34. The monoisotopic (exact) mass is 724 g/mol. The third-order valence-corrected chi connectivity index (χ3v) is 11.2. The zero-order valence-electron chi connectivity index (χ0n) is 34.8. The van der Waals surface area contributed by atoms with Crippen molar-refractivity contribution in [2.75, 3.05) is 6.61 Å². The van der Waals surface area contributed by atoms with Gasteiger partial charge in [0.15, 0.2) is 0 Å². The summed E-state index contributed by atoms with van der Waals surface area (Å²) in [6, 6.07) is -0.652. The molecule has 0 aromatic rings. The molecule has 4 N–H and O–H groups in total. The normalized spacial score (nSPS) is 13.4. The Bertz CT molecular complexity index is 674. The molecule has 0 bridgehead atoms. The molecule has 0 saturated carbocycles. The van der Waals surface area contributed by atoms with Crippen LogP contribution in [0.5, 0.6) is 0 Å². The topological polar surface area (TPSA) is 89.8 Å². The molecular formula is C46H93NO4. The Hall–Kier alpha value is -0.650. The third kappa shape index (κ3) is 38.9. The van der Waals surface area contributed by atoms with E-state index < -0.39 is 18.2 Å². The number of aliphatic hydroxyl groups is 3. The minimum absolute atomic E-state index is 0.0422. The SMILES string of the molecule is CCCCCCCCCCCCCCCCCCCCCCCCCCCC(O)C(CO)NC(=O)CC(O)CCCCCCCCCCCCC. The summed E-state index contributed by atoms with van der Waals surface area (Å²) in [4.78, 5) is 12.4. The summed E-state index contributed by atoms with van der Waals surface area (Å²) in [5.41, 5.74) is 0. The molecule has 0 aromatic heterocycles. The fourth-order valence-electron chi connectivity index (χ4n) is 7.58. The van der Waals surface area contributed by atoms with Gasteiger partial charge in [-0.05, 0) is 12.8 Å². The van der Waals surface area contributed by atoms with Gasteiger partial charge in [-0.2, -0.15) is 0 Å². The lowest BCUT2D eigenvalue weighted by molar-refractivity contribution is -0.125.